The van der Waals surface area contributed by atoms with Crippen molar-refractivity contribution in [2.24, 2.45) is 5.14 Å². The Morgan fingerprint density at radius 2 is 1.95 bits per heavy atom. The molecule has 0 aliphatic rings. The normalized spacial score (nSPS) is 11.8. The molecule has 1 heterocycles. The zero-order valence-electron chi connectivity index (χ0n) is 11.5. The van der Waals surface area contributed by atoms with Crippen LogP contribution in [0.25, 0.3) is 0 Å². The lowest BCUT2D eigenvalue weighted by atomic mass is 10.2. The van der Waals surface area contributed by atoms with Gasteiger partial charge in [-0.1, -0.05) is 11.3 Å². The van der Waals surface area contributed by atoms with E-state index in [1.165, 1.54) is 0 Å². The summed E-state index contributed by atoms with van der Waals surface area (Å²) in [4.78, 5) is 22.8. The molecule has 0 atom stereocenters. The van der Waals surface area contributed by atoms with Crippen LogP contribution in [0.5, 0.6) is 0 Å². The van der Waals surface area contributed by atoms with Gasteiger partial charge in [-0.15, -0.1) is 10.2 Å². The predicted octanol–water partition coefficient (Wildman–Crippen LogP) is -0.351. The van der Waals surface area contributed by atoms with E-state index in [9.17, 15) is 18.0 Å². The highest BCUT2D eigenvalue weighted by atomic mass is 32.2. The van der Waals surface area contributed by atoms with E-state index < -0.39 is 32.0 Å². The Balaban J connectivity index is 2.48. The summed E-state index contributed by atoms with van der Waals surface area (Å²) in [7, 11) is -3.96. The van der Waals surface area contributed by atoms with Crippen molar-refractivity contribution in [2.75, 3.05) is 11.9 Å². The highest BCUT2D eigenvalue weighted by Gasteiger charge is 2.18. The third-order valence-corrected chi connectivity index (χ3v) is 3.84. The number of nitrogens with zero attached hydrogens (tertiary/aromatic N) is 2. The third-order valence-electron chi connectivity index (χ3n) is 1.69. The zero-order chi connectivity index (χ0) is 16.3. The van der Waals surface area contributed by atoms with E-state index >= 15 is 0 Å². The maximum Gasteiger partial charge on any atom is 0.408 e. The highest BCUT2D eigenvalue weighted by Crippen LogP contribution is 2.18. The third kappa shape index (κ3) is 6.46. The lowest BCUT2D eigenvalue weighted by molar-refractivity contribution is -0.115. The molecule has 0 bridgehead atoms. The van der Waals surface area contributed by atoms with Gasteiger partial charge in [0.05, 0.1) is 0 Å². The summed E-state index contributed by atoms with van der Waals surface area (Å²) in [5.74, 6) is -0.613. The van der Waals surface area contributed by atoms with Crippen LogP contribution in [0.1, 0.15) is 20.8 Å². The van der Waals surface area contributed by atoms with E-state index in [-0.39, 0.29) is 11.7 Å². The summed E-state index contributed by atoms with van der Waals surface area (Å²) in [6.07, 6.45) is -0.750. The number of sulfonamides is 1. The number of alkyl carbamates (subject to hydrolysis) is 1. The van der Waals surface area contributed by atoms with E-state index in [4.69, 9.17) is 9.88 Å². The Morgan fingerprint density at radius 3 is 2.43 bits per heavy atom. The van der Waals surface area contributed by atoms with Crippen LogP contribution in [0.15, 0.2) is 4.34 Å². The molecule has 0 radical (unpaired) electrons. The van der Waals surface area contributed by atoms with Gasteiger partial charge in [0.2, 0.25) is 15.4 Å². The van der Waals surface area contributed by atoms with Crippen LogP contribution in [-0.4, -0.2) is 42.8 Å². The van der Waals surface area contributed by atoms with Gasteiger partial charge in [0.1, 0.15) is 12.1 Å². The SMILES string of the molecule is CC(C)(C)OC(=O)NCC(=O)Nc1nnc(S(N)(=O)=O)s1. The minimum atomic E-state index is -3.96. The van der Waals surface area contributed by atoms with E-state index in [0.717, 1.165) is 0 Å². The Bertz CT molecular complexity index is 633. The second-order valence-electron chi connectivity index (χ2n) is 4.82. The number of nitrogens with two attached hydrogens (primary N) is 1. The molecule has 0 spiro atoms. The van der Waals surface area contributed by atoms with Crippen LogP contribution in [0.2, 0.25) is 0 Å². The van der Waals surface area contributed by atoms with Gasteiger partial charge in [0.25, 0.3) is 10.0 Å². The lowest BCUT2D eigenvalue weighted by Crippen LogP contribution is -2.37. The van der Waals surface area contributed by atoms with Crippen LogP contribution < -0.4 is 15.8 Å². The highest BCUT2D eigenvalue weighted by molar-refractivity contribution is 7.91. The fraction of sp³-hybridized carbons (Fsp3) is 0.556. The Morgan fingerprint density at radius 1 is 1.33 bits per heavy atom. The molecule has 1 aromatic rings. The second kappa shape index (κ2) is 6.32. The fourth-order valence-corrected chi connectivity index (χ4v) is 2.35. The van der Waals surface area contributed by atoms with Crippen molar-refractivity contribution >= 4 is 38.5 Å². The van der Waals surface area contributed by atoms with Crippen molar-refractivity contribution in [2.45, 2.75) is 30.7 Å². The molecule has 0 saturated carbocycles. The number of carbonyl (C=O) groups excluding carboxylic acids is 2. The minimum absolute atomic E-state index is 0.0463. The number of aromatic nitrogens is 2. The van der Waals surface area contributed by atoms with Gasteiger partial charge < -0.3 is 10.1 Å². The van der Waals surface area contributed by atoms with E-state index in [0.29, 0.717) is 11.3 Å². The van der Waals surface area contributed by atoms with Gasteiger partial charge in [0, 0.05) is 0 Å². The molecule has 1 rings (SSSR count). The quantitative estimate of drug-likeness (QED) is 0.634. The molecule has 0 unspecified atom stereocenters. The first-order chi connectivity index (χ1) is 9.47. The molecule has 0 aromatic carbocycles. The molecular formula is C9H15N5O5S2. The number of primary sulfonamides is 1. The number of ether oxygens (including phenoxy) is 1. The minimum Gasteiger partial charge on any atom is -0.444 e. The lowest BCUT2D eigenvalue weighted by Gasteiger charge is -2.19. The molecule has 12 heteroatoms. The molecule has 0 saturated heterocycles. The van der Waals surface area contributed by atoms with E-state index in [2.05, 4.69) is 20.8 Å². The topological polar surface area (TPSA) is 153 Å². The van der Waals surface area contributed by atoms with Crippen LogP contribution >= 0.6 is 11.3 Å². The van der Waals surface area contributed by atoms with E-state index in [1.54, 1.807) is 20.8 Å². The molecule has 118 valence electrons. The van der Waals surface area contributed by atoms with Crippen molar-refractivity contribution in [1.29, 1.82) is 0 Å². The predicted molar refractivity (Wildman–Crippen MR) is 74.1 cm³/mol. The Hall–Kier alpha value is -1.79. The Kier molecular flexibility index (Phi) is 5.20. The standard InChI is InChI=1S/C9H15N5O5S2/c1-9(2,3)19-7(16)11-4-5(15)12-6-13-14-8(20-6)21(10,17)18/h4H2,1-3H3,(H,11,16)(H2,10,17,18)(H,12,13,15). The molecule has 0 aliphatic heterocycles. The molecule has 2 amide bonds. The number of rotatable bonds is 4. The summed E-state index contributed by atoms with van der Waals surface area (Å²) in [6, 6.07) is 0. The van der Waals surface area contributed by atoms with Crippen molar-refractivity contribution in [3.05, 3.63) is 0 Å². The average Bonchev–Trinajstić information content (AvgIpc) is 2.72. The van der Waals surface area contributed by atoms with Crippen LogP contribution in [-0.2, 0) is 19.6 Å². The van der Waals surface area contributed by atoms with Gasteiger partial charge in [0.15, 0.2) is 0 Å². The number of anilines is 1. The summed E-state index contributed by atoms with van der Waals surface area (Å²) in [5, 5.41) is 16.1. The smallest absolute Gasteiger partial charge is 0.408 e. The van der Waals surface area contributed by atoms with Crippen LogP contribution in [0.4, 0.5) is 9.93 Å². The van der Waals surface area contributed by atoms with Gasteiger partial charge in [-0.3, -0.25) is 10.1 Å². The van der Waals surface area contributed by atoms with E-state index in [1.807, 2.05) is 0 Å². The first-order valence-electron chi connectivity index (χ1n) is 5.60. The van der Waals surface area contributed by atoms with Gasteiger partial charge in [-0.2, -0.15) is 0 Å². The maximum absolute atomic E-state index is 11.5. The number of hydrogen-bond acceptors (Lipinski definition) is 8. The Labute approximate surface area is 125 Å². The monoisotopic (exact) mass is 337 g/mol. The summed E-state index contributed by atoms with van der Waals surface area (Å²) >= 11 is 0.601. The van der Waals surface area contributed by atoms with Gasteiger partial charge in [-0.25, -0.2) is 18.4 Å². The first-order valence-corrected chi connectivity index (χ1v) is 7.97. The van der Waals surface area contributed by atoms with Crippen molar-refractivity contribution in [3.63, 3.8) is 0 Å². The fourth-order valence-electron chi connectivity index (χ4n) is 1.01. The van der Waals surface area contributed by atoms with Crippen molar-refractivity contribution in [1.82, 2.24) is 15.5 Å². The molecule has 4 N–H and O–H groups in total. The zero-order valence-corrected chi connectivity index (χ0v) is 13.2. The number of nitrogens with one attached hydrogen (secondary N) is 2. The van der Waals surface area contributed by atoms with Gasteiger partial charge >= 0.3 is 6.09 Å². The molecular weight excluding hydrogens is 322 g/mol. The van der Waals surface area contributed by atoms with Crippen molar-refractivity contribution < 1.29 is 22.7 Å². The summed E-state index contributed by atoms with van der Waals surface area (Å²) < 4.78 is 26.5. The first kappa shape index (κ1) is 17.3. The molecule has 0 aliphatic carbocycles. The molecule has 21 heavy (non-hydrogen) atoms. The van der Waals surface area contributed by atoms with Crippen LogP contribution in [0.3, 0.4) is 0 Å². The summed E-state index contributed by atoms with van der Waals surface area (Å²) in [6.45, 7) is 4.69. The number of hydrogen-bond donors (Lipinski definition) is 3. The van der Waals surface area contributed by atoms with Crippen LogP contribution in [0, 0.1) is 0 Å². The largest absolute Gasteiger partial charge is 0.444 e. The molecule has 10 nitrogen and oxygen atoms in total. The van der Waals surface area contributed by atoms with Gasteiger partial charge in [-0.05, 0) is 20.8 Å². The molecule has 1 aromatic heterocycles. The van der Waals surface area contributed by atoms with Crippen molar-refractivity contribution in [3.8, 4) is 0 Å². The average molecular weight is 337 g/mol. The summed E-state index contributed by atoms with van der Waals surface area (Å²) in [5.41, 5.74) is -0.676. The molecule has 0 fully saturated rings. The second-order valence-corrected chi connectivity index (χ2v) is 7.53. The number of amides is 2. The maximum atomic E-state index is 11.5. The number of carbonyl (C=O) groups is 2.